The highest BCUT2D eigenvalue weighted by Gasteiger charge is 2.51. The number of nitrogens with one attached hydrogen (secondary N) is 1. The molecule has 28 heavy (non-hydrogen) atoms. The first-order valence-electron chi connectivity index (χ1n) is 10.6. The molecule has 0 aromatic carbocycles. The molecule has 0 aromatic rings. The minimum atomic E-state index is -3.03. The smallest absolute Gasteiger partial charge is 0.244 e. The number of allylic oxidation sites excluding steroid dienone is 1. The summed E-state index contributed by atoms with van der Waals surface area (Å²) in [5.41, 5.74) is 1.37. The molecular formula is C21H32N2O4S. The second-order valence-corrected chi connectivity index (χ2v) is 12.0. The molecule has 1 unspecified atom stereocenters. The van der Waals surface area contributed by atoms with Crippen molar-refractivity contribution in [2.75, 3.05) is 24.6 Å². The summed E-state index contributed by atoms with van der Waals surface area (Å²) in [6.07, 6.45) is 9.47. The highest BCUT2D eigenvalue weighted by molar-refractivity contribution is 7.91. The lowest BCUT2D eigenvalue weighted by Crippen LogP contribution is -2.51. The SMILES string of the molecule is CC(=CC(=O)NC(C)C(=O)N1CCS(=O)(=O)CC1)C12CC3CC(CC(C3)C1)C2. The summed E-state index contributed by atoms with van der Waals surface area (Å²) in [5.74, 6) is 2.08. The fourth-order valence-corrected chi connectivity index (χ4v) is 7.67. The molecule has 4 aliphatic carbocycles. The maximum absolute atomic E-state index is 12.6. The van der Waals surface area contributed by atoms with Gasteiger partial charge in [0.15, 0.2) is 9.84 Å². The number of nitrogens with zero attached hydrogens (tertiary/aromatic N) is 1. The van der Waals surface area contributed by atoms with Crippen molar-refractivity contribution < 1.29 is 18.0 Å². The van der Waals surface area contributed by atoms with Crippen molar-refractivity contribution >= 4 is 21.7 Å². The van der Waals surface area contributed by atoms with Crippen LogP contribution in [0.3, 0.4) is 0 Å². The summed E-state index contributed by atoms with van der Waals surface area (Å²) in [6, 6.07) is -0.645. The average Bonchev–Trinajstić information content (AvgIpc) is 2.59. The summed E-state index contributed by atoms with van der Waals surface area (Å²) in [7, 11) is -3.03. The number of rotatable bonds is 4. The lowest BCUT2D eigenvalue weighted by molar-refractivity contribution is -0.134. The minimum absolute atomic E-state index is 0.00440. The van der Waals surface area contributed by atoms with Crippen LogP contribution >= 0.6 is 0 Å². The summed E-state index contributed by atoms with van der Waals surface area (Å²) >= 11 is 0. The molecular weight excluding hydrogens is 376 g/mol. The zero-order valence-corrected chi connectivity index (χ0v) is 17.8. The van der Waals surface area contributed by atoms with Gasteiger partial charge < -0.3 is 10.2 Å². The highest BCUT2D eigenvalue weighted by atomic mass is 32.2. The quantitative estimate of drug-likeness (QED) is 0.721. The molecule has 6 nitrogen and oxygen atoms in total. The van der Waals surface area contributed by atoms with E-state index in [0.717, 1.165) is 17.8 Å². The zero-order valence-electron chi connectivity index (χ0n) is 16.9. The van der Waals surface area contributed by atoms with Crippen molar-refractivity contribution in [2.45, 2.75) is 58.4 Å². The minimum Gasteiger partial charge on any atom is -0.341 e. The lowest BCUT2D eigenvalue weighted by atomic mass is 9.48. The van der Waals surface area contributed by atoms with Gasteiger partial charge in [-0.25, -0.2) is 8.42 Å². The summed E-state index contributed by atoms with van der Waals surface area (Å²) in [5, 5.41) is 2.80. The Hall–Kier alpha value is -1.37. The van der Waals surface area contributed by atoms with Crippen LogP contribution in [0.2, 0.25) is 0 Å². The van der Waals surface area contributed by atoms with Crippen LogP contribution in [0.25, 0.3) is 0 Å². The van der Waals surface area contributed by atoms with E-state index in [1.54, 1.807) is 17.9 Å². The van der Waals surface area contributed by atoms with Crippen LogP contribution in [0.5, 0.6) is 0 Å². The molecule has 2 amide bonds. The van der Waals surface area contributed by atoms with Gasteiger partial charge in [-0.1, -0.05) is 5.57 Å². The zero-order chi connectivity index (χ0) is 20.1. The molecule has 1 N–H and O–H groups in total. The van der Waals surface area contributed by atoms with Crippen molar-refractivity contribution in [3.8, 4) is 0 Å². The third-order valence-corrected chi connectivity index (χ3v) is 9.22. The van der Waals surface area contributed by atoms with E-state index in [4.69, 9.17) is 0 Å². The van der Waals surface area contributed by atoms with E-state index < -0.39 is 15.9 Å². The topological polar surface area (TPSA) is 83.6 Å². The van der Waals surface area contributed by atoms with E-state index in [1.165, 1.54) is 44.1 Å². The Morgan fingerprint density at radius 1 is 1.04 bits per heavy atom. The Kier molecular flexibility index (Phi) is 5.09. The molecule has 0 radical (unpaired) electrons. The molecule has 7 heteroatoms. The van der Waals surface area contributed by atoms with Gasteiger partial charge >= 0.3 is 0 Å². The van der Waals surface area contributed by atoms with Crippen LogP contribution in [0.1, 0.15) is 52.4 Å². The number of hydrogen-bond donors (Lipinski definition) is 1. The Labute approximate surface area is 168 Å². The molecule has 1 heterocycles. The number of sulfone groups is 1. The predicted molar refractivity (Wildman–Crippen MR) is 107 cm³/mol. The van der Waals surface area contributed by atoms with Gasteiger partial charge in [-0.15, -0.1) is 0 Å². The van der Waals surface area contributed by atoms with Gasteiger partial charge in [0.2, 0.25) is 11.8 Å². The first-order chi connectivity index (χ1) is 13.2. The second-order valence-electron chi connectivity index (χ2n) is 9.73. The molecule has 5 fully saturated rings. The van der Waals surface area contributed by atoms with Crippen molar-refractivity contribution in [2.24, 2.45) is 23.2 Å². The van der Waals surface area contributed by atoms with E-state index in [0.29, 0.717) is 0 Å². The van der Waals surface area contributed by atoms with Crippen LogP contribution in [-0.4, -0.2) is 55.8 Å². The largest absolute Gasteiger partial charge is 0.341 e. The van der Waals surface area contributed by atoms with Crippen LogP contribution in [0.15, 0.2) is 11.6 Å². The number of hydrogen-bond acceptors (Lipinski definition) is 4. The van der Waals surface area contributed by atoms with Crippen molar-refractivity contribution in [3.63, 3.8) is 0 Å². The molecule has 0 spiro atoms. The first-order valence-corrected chi connectivity index (χ1v) is 12.5. The standard InChI is InChI=1S/C21H32N2O4S/c1-14(21-11-16-8-17(12-21)10-18(9-16)13-21)7-19(24)22-15(2)20(25)23-3-5-28(26,27)6-4-23/h7,15-18H,3-6,8-13H2,1-2H3,(H,22,24). The van der Waals surface area contributed by atoms with Crippen LogP contribution in [0.4, 0.5) is 0 Å². The maximum Gasteiger partial charge on any atom is 0.244 e. The summed E-state index contributed by atoms with van der Waals surface area (Å²) in [4.78, 5) is 26.7. The van der Waals surface area contributed by atoms with Gasteiger partial charge in [0.1, 0.15) is 6.04 Å². The normalized spacial score (nSPS) is 37.6. The van der Waals surface area contributed by atoms with E-state index in [-0.39, 0.29) is 41.8 Å². The molecule has 4 saturated carbocycles. The molecule has 0 aromatic heterocycles. The van der Waals surface area contributed by atoms with E-state index in [1.807, 2.05) is 0 Å². The summed E-state index contributed by atoms with van der Waals surface area (Å²) < 4.78 is 23.1. The second kappa shape index (κ2) is 7.15. The third kappa shape index (κ3) is 3.87. The third-order valence-electron chi connectivity index (χ3n) is 7.61. The van der Waals surface area contributed by atoms with Gasteiger partial charge in [-0.3, -0.25) is 9.59 Å². The highest BCUT2D eigenvalue weighted by Crippen LogP contribution is 2.62. The van der Waals surface area contributed by atoms with E-state index in [9.17, 15) is 18.0 Å². The van der Waals surface area contributed by atoms with Crippen LogP contribution < -0.4 is 5.32 Å². The average molecular weight is 409 g/mol. The molecule has 1 saturated heterocycles. The van der Waals surface area contributed by atoms with Crippen molar-refractivity contribution in [3.05, 3.63) is 11.6 Å². The van der Waals surface area contributed by atoms with E-state index >= 15 is 0 Å². The molecule has 5 rings (SSSR count). The molecule has 1 aliphatic heterocycles. The van der Waals surface area contributed by atoms with Gasteiger partial charge in [0, 0.05) is 19.2 Å². The number of carbonyl (C=O) groups excluding carboxylic acids is 2. The fourth-order valence-electron chi connectivity index (χ4n) is 6.47. The predicted octanol–water partition coefficient (Wildman–Crippen LogP) is 1.91. The Balaban J connectivity index is 1.36. The van der Waals surface area contributed by atoms with Crippen LogP contribution in [-0.2, 0) is 19.4 Å². The Morgan fingerprint density at radius 3 is 2.04 bits per heavy atom. The van der Waals surface area contributed by atoms with E-state index in [2.05, 4.69) is 12.2 Å². The van der Waals surface area contributed by atoms with Gasteiger partial charge in [-0.2, -0.15) is 0 Å². The number of amides is 2. The van der Waals surface area contributed by atoms with Gasteiger partial charge in [-0.05, 0) is 75.5 Å². The van der Waals surface area contributed by atoms with Gasteiger partial charge in [0.05, 0.1) is 11.5 Å². The molecule has 1 atom stereocenters. The molecule has 4 bridgehead atoms. The molecule has 156 valence electrons. The Morgan fingerprint density at radius 2 is 1.54 bits per heavy atom. The van der Waals surface area contributed by atoms with Crippen LogP contribution in [0, 0.1) is 23.2 Å². The van der Waals surface area contributed by atoms with Crippen molar-refractivity contribution in [1.29, 1.82) is 0 Å². The number of carbonyl (C=O) groups is 2. The molecule has 5 aliphatic rings. The Bertz CT molecular complexity index is 752. The first kappa shape index (κ1) is 19.9. The fraction of sp³-hybridized carbons (Fsp3) is 0.810. The monoisotopic (exact) mass is 408 g/mol. The summed E-state index contributed by atoms with van der Waals surface area (Å²) in [6.45, 7) is 4.19. The van der Waals surface area contributed by atoms with Crippen molar-refractivity contribution in [1.82, 2.24) is 10.2 Å². The maximum atomic E-state index is 12.6. The van der Waals surface area contributed by atoms with Gasteiger partial charge in [0.25, 0.3) is 0 Å². The lowest BCUT2D eigenvalue weighted by Gasteiger charge is -2.57.